The van der Waals surface area contributed by atoms with Gasteiger partial charge in [-0.1, -0.05) is 23.7 Å². The SMILES string of the molecule is O=C(Nc1ccc(S(=O)(=O)Nc2ccc(F)cc2)cc1)C1CCN(Cc2cccc(Cl)c2)CC1. The van der Waals surface area contributed by atoms with Crippen LogP contribution in [0, 0.1) is 11.7 Å². The first-order valence-electron chi connectivity index (χ1n) is 10.9. The van der Waals surface area contributed by atoms with Crippen molar-refractivity contribution in [3.63, 3.8) is 0 Å². The largest absolute Gasteiger partial charge is 0.326 e. The van der Waals surface area contributed by atoms with Crippen LogP contribution in [0.15, 0.2) is 77.7 Å². The van der Waals surface area contributed by atoms with E-state index < -0.39 is 15.8 Å². The molecule has 0 aromatic heterocycles. The molecule has 0 atom stereocenters. The zero-order chi connectivity index (χ0) is 24.1. The summed E-state index contributed by atoms with van der Waals surface area (Å²) in [5.74, 6) is -0.614. The normalized spacial score (nSPS) is 15.1. The number of hydrogen-bond acceptors (Lipinski definition) is 4. The smallest absolute Gasteiger partial charge is 0.261 e. The Balaban J connectivity index is 1.29. The summed E-state index contributed by atoms with van der Waals surface area (Å²) in [5.41, 5.74) is 1.95. The number of benzene rings is 3. The van der Waals surface area contributed by atoms with Crippen molar-refractivity contribution in [1.82, 2.24) is 4.90 Å². The summed E-state index contributed by atoms with van der Waals surface area (Å²) in [6.45, 7) is 2.43. The van der Waals surface area contributed by atoms with Gasteiger partial charge in [0.1, 0.15) is 5.82 Å². The summed E-state index contributed by atoms with van der Waals surface area (Å²) in [5, 5.41) is 3.61. The van der Waals surface area contributed by atoms with Crippen LogP contribution in [-0.4, -0.2) is 32.3 Å². The Bertz CT molecular complexity index is 1240. The van der Waals surface area contributed by atoms with Gasteiger partial charge in [0.2, 0.25) is 5.91 Å². The molecule has 2 N–H and O–H groups in total. The molecule has 0 aliphatic carbocycles. The highest BCUT2D eigenvalue weighted by Gasteiger charge is 2.25. The predicted molar refractivity (Wildman–Crippen MR) is 132 cm³/mol. The van der Waals surface area contributed by atoms with Gasteiger partial charge in [-0.2, -0.15) is 0 Å². The van der Waals surface area contributed by atoms with Crippen LogP contribution in [0.25, 0.3) is 0 Å². The molecule has 0 saturated carbocycles. The highest BCUT2D eigenvalue weighted by molar-refractivity contribution is 7.92. The van der Waals surface area contributed by atoms with Gasteiger partial charge in [-0.3, -0.25) is 14.4 Å². The van der Waals surface area contributed by atoms with E-state index in [1.54, 1.807) is 12.1 Å². The molecule has 3 aromatic carbocycles. The Morgan fingerprint density at radius 3 is 2.26 bits per heavy atom. The number of hydrogen-bond donors (Lipinski definition) is 2. The number of anilines is 2. The van der Waals surface area contributed by atoms with Gasteiger partial charge in [-0.05, 0) is 92.2 Å². The van der Waals surface area contributed by atoms with E-state index in [2.05, 4.69) is 14.9 Å². The Hall–Kier alpha value is -2.94. The first kappa shape index (κ1) is 24.2. The van der Waals surface area contributed by atoms with Crippen molar-refractivity contribution in [2.24, 2.45) is 5.92 Å². The number of halogens is 2. The topological polar surface area (TPSA) is 78.5 Å². The predicted octanol–water partition coefficient (Wildman–Crippen LogP) is 5.13. The highest BCUT2D eigenvalue weighted by Crippen LogP contribution is 2.23. The first-order chi connectivity index (χ1) is 16.3. The number of nitrogens with one attached hydrogen (secondary N) is 2. The van der Waals surface area contributed by atoms with Gasteiger partial charge in [0, 0.05) is 28.9 Å². The first-order valence-corrected chi connectivity index (χ1v) is 12.8. The molecule has 1 fully saturated rings. The van der Waals surface area contributed by atoms with Crippen LogP contribution in [0.2, 0.25) is 5.02 Å². The number of carbonyl (C=O) groups is 1. The molecular formula is C25H25ClFN3O3S. The zero-order valence-corrected chi connectivity index (χ0v) is 19.9. The van der Waals surface area contributed by atoms with Crippen LogP contribution >= 0.6 is 11.6 Å². The minimum Gasteiger partial charge on any atom is -0.326 e. The van der Waals surface area contributed by atoms with Crippen LogP contribution < -0.4 is 10.0 Å². The monoisotopic (exact) mass is 501 g/mol. The molecule has 1 saturated heterocycles. The van der Waals surface area contributed by atoms with Crippen molar-refractivity contribution in [1.29, 1.82) is 0 Å². The number of rotatable bonds is 7. The lowest BCUT2D eigenvalue weighted by Crippen LogP contribution is -2.37. The summed E-state index contributed by atoms with van der Waals surface area (Å²) in [7, 11) is -3.83. The average molecular weight is 502 g/mol. The van der Waals surface area contributed by atoms with Gasteiger partial charge in [0.05, 0.1) is 4.90 Å². The summed E-state index contributed by atoms with van der Waals surface area (Å²) in [6.07, 6.45) is 1.50. The number of piperidine rings is 1. The molecule has 1 amide bonds. The van der Waals surface area contributed by atoms with Crippen LogP contribution in [-0.2, 0) is 21.4 Å². The van der Waals surface area contributed by atoms with Crippen molar-refractivity contribution in [2.75, 3.05) is 23.1 Å². The Kier molecular flexibility index (Phi) is 7.50. The third-order valence-corrected chi connectivity index (χ3v) is 7.41. The molecule has 34 heavy (non-hydrogen) atoms. The second-order valence-corrected chi connectivity index (χ2v) is 10.4. The average Bonchev–Trinajstić information content (AvgIpc) is 2.81. The molecule has 6 nitrogen and oxygen atoms in total. The maximum Gasteiger partial charge on any atom is 0.261 e. The van der Waals surface area contributed by atoms with E-state index in [0.717, 1.165) is 43.1 Å². The fourth-order valence-corrected chi connectivity index (χ4v) is 5.21. The molecule has 0 unspecified atom stereocenters. The van der Waals surface area contributed by atoms with Crippen molar-refractivity contribution in [3.05, 3.63) is 89.2 Å². The van der Waals surface area contributed by atoms with Crippen LogP contribution in [0.3, 0.4) is 0 Å². The van der Waals surface area contributed by atoms with Crippen LogP contribution in [0.1, 0.15) is 18.4 Å². The summed E-state index contributed by atoms with van der Waals surface area (Å²) in [4.78, 5) is 15.1. The molecule has 0 bridgehead atoms. The van der Waals surface area contributed by atoms with Gasteiger partial charge in [-0.25, -0.2) is 12.8 Å². The number of nitrogens with zero attached hydrogens (tertiary/aromatic N) is 1. The zero-order valence-electron chi connectivity index (χ0n) is 18.4. The van der Waals surface area contributed by atoms with E-state index >= 15 is 0 Å². The molecule has 178 valence electrons. The molecule has 9 heteroatoms. The second kappa shape index (κ2) is 10.5. The van der Waals surface area contributed by atoms with E-state index in [1.165, 1.54) is 36.4 Å². The third-order valence-electron chi connectivity index (χ3n) is 5.78. The summed E-state index contributed by atoms with van der Waals surface area (Å²) in [6, 6.07) is 18.8. The minimum atomic E-state index is -3.83. The number of carbonyl (C=O) groups excluding carboxylic acids is 1. The van der Waals surface area contributed by atoms with E-state index in [-0.39, 0.29) is 22.4 Å². The standard InChI is InChI=1S/C25H25ClFN3O3S/c26-20-3-1-2-18(16-20)17-30-14-12-19(13-15-30)25(31)28-22-8-10-24(11-9-22)34(32,33)29-23-6-4-21(27)5-7-23/h1-11,16,19,29H,12-15,17H2,(H,28,31). The second-order valence-electron chi connectivity index (χ2n) is 8.31. The Morgan fingerprint density at radius 1 is 0.971 bits per heavy atom. The van der Waals surface area contributed by atoms with Crippen LogP contribution in [0.4, 0.5) is 15.8 Å². The molecule has 1 aliphatic rings. The molecule has 1 aliphatic heterocycles. The fraction of sp³-hybridized carbons (Fsp3) is 0.240. The maximum atomic E-state index is 13.0. The lowest BCUT2D eigenvalue weighted by Gasteiger charge is -2.31. The maximum absolute atomic E-state index is 13.0. The lowest BCUT2D eigenvalue weighted by atomic mass is 9.95. The number of amides is 1. The van der Waals surface area contributed by atoms with Crippen molar-refractivity contribution in [2.45, 2.75) is 24.3 Å². The van der Waals surface area contributed by atoms with Gasteiger partial charge in [0.25, 0.3) is 10.0 Å². The Labute approximate surface area is 203 Å². The van der Waals surface area contributed by atoms with Crippen molar-refractivity contribution in [3.8, 4) is 0 Å². The quantitative estimate of drug-likeness (QED) is 0.470. The van der Waals surface area contributed by atoms with E-state index in [4.69, 9.17) is 11.6 Å². The molecule has 3 aromatic rings. The molecular weight excluding hydrogens is 477 g/mol. The van der Waals surface area contributed by atoms with Crippen molar-refractivity contribution >= 4 is 38.9 Å². The molecule has 4 rings (SSSR count). The highest BCUT2D eigenvalue weighted by atomic mass is 35.5. The van der Waals surface area contributed by atoms with Gasteiger partial charge >= 0.3 is 0 Å². The van der Waals surface area contributed by atoms with E-state index in [1.807, 2.05) is 24.3 Å². The lowest BCUT2D eigenvalue weighted by molar-refractivity contribution is -0.121. The number of sulfonamides is 1. The van der Waals surface area contributed by atoms with E-state index in [9.17, 15) is 17.6 Å². The van der Waals surface area contributed by atoms with Gasteiger partial charge < -0.3 is 5.32 Å². The molecule has 0 radical (unpaired) electrons. The Morgan fingerprint density at radius 2 is 1.62 bits per heavy atom. The fourth-order valence-electron chi connectivity index (χ4n) is 3.94. The molecule has 1 heterocycles. The number of likely N-dealkylation sites (tertiary alicyclic amines) is 1. The van der Waals surface area contributed by atoms with Crippen LogP contribution in [0.5, 0.6) is 0 Å². The van der Waals surface area contributed by atoms with Gasteiger partial charge in [-0.15, -0.1) is 0 Å². The van der Waals surface area contributed by atoms with E-state index in [0.29, 0.717) is 5.69 Å². The molecule has 0 spiro atoms. The summed E-state index contributed by atoms with van der Waals surface area (Å²) < 4.78 is 40.5. The third kappa shape index (κ3) is 6.34. The van der Waals surface area contributed by atoms with Crippen molar-refractivity contribution < 1.29 is 17.6 Å². The minimum absolute atomic E-state index is 0.0455. The van der Waals surface area contributed by atoms with Gasteiger partial charge in [0.15, 0.2) is 0 Å². The summed E-state index contributed by atoms with van der Waals surface area (Å²) >= 11 is 6.06.